The molecule has 0 radical (unpaired) electrons. The first-order valence-corrected chi connectivity index (χ1v) is 5.16. The van der Waals surface area contributed by atoms with E-state index in [1.54, 1.807) is 21.3 Å². The molecule has 0 bridgehead atoms. The minimum Gasteiger partial charge on any atom is -0.496 e. The maximum atomic E-state index is 10.3. The number of carbonyl (C=O) groups excluding carboxylic acids is 1. The van der Waals surface area contributed by atoms with Crippen LogP contribution >= 0.6 is 0 Å². The molecule has 5 nitrogen and oxygen atoms in total. The molecule has 0 aliphatic heterocycles. The topological polar surface area (TPSA) is 56.8 Å². The zero-order chi connectivity index (χ0) is 12.7. The number of rotatable bonds is 7. The number of hydrogen-bond donors (Lipinski definition) is 1. The zero-order valence-corrected chi connectivity index (χ0v) is 10.3. The second kappa shape index (κ2) is 6.75. The summed E-state index contributed by atoms with van der Waals surface area (Å²) in [6, 6.07) is 3.74. The highest BCUT2D eigenvalue weighted by atomic mass is 16.5. The number of carbonyl (C=O) groups is 1. The third-order valence-corrected chi connectivity index (χ3v) is 2.34. The summed E-state index contributed by atoms with van der Waals surface area (Å²) in [5.74, 6) is 1.34. The lowest BCUT2D eigenvalue weighted by atomic mass is 10.1. The van der Waals surface area contributed by atoms with Crippen LogP contribution in [0.15, 0.2) is 12.1 Å². The van der Waals surface area contributed by atoms with Crippen LogP contribution < -0.4 is 14.8 Å². The average molecular weight is 239 g/mol. The Balaban J connectivity index is 3.11. The molecule has 0 atom stereocenters. The van der Waals surface area contributed by atoms with Gasteiger partial charge in [-0.15, -0.1) is 0 Å². The van der Waals surface area contributed by atoms with Gasteiger partial charge in [0.1, 0.15) is 11.5 Å². The highest BCUT2D eigenvalue weighted by Gasteiger charge is 2.12. The van der Waals surface area contributed by atoms with E-state index in [0.717, 1.165) is 11.1 Å². The van der Waals surface area contributed by atoms with E-state index in [4.69, 9.17) is 14.2 Å². The standard InChI is InChI=1S/C12H17NO4/c1-15-7-9-4-11(16-2)10(6-13-8-14)12(5-9)17-3/h4-5,8H,6-7H2,1-3H3,(H,13,14). The lowest BCUT2D eigenvalue weighted by Gasteiger charge is -2.14. The van der Waals surface area contributed by atoms with Crippen LogP contribution in [0.5, 0.6) is 11.5 Å². The minimum atomic E-state index is 0.364. The molecule has 94 valence electrons. The van der Waals surface area contributed by atoms with Crippen molar-refractivity contribution in [3.8, 4) is 11.5 Å². The summed E-state index contributed by atoms with van der Waals surface area (Å²) in [4.78, 5) is 10.3. The van der Waals surface area contributed by atoms with Crippen molar-refractivity contribution in [2.24, 2.45) is 0 Å². The molecular weight excluding hydrogens is 222 g/mol. The van der Waals surface area contributed by atoms with Gasteiger partial charge >= 0.3 is 0 Å². The maximum absolute atomic E-state index is 10.3. The van der Waals surface area contributed by atoms with Crippen molar-refractivity contribution in [3.05, 3.63) is 23.3 Å². The third kappa shape index (κ3) is 3.35. The Bertz CT molecular complexity index is 354. The number of nitrogens with one attached hydrogen (secondary N) is 1. The first-order valence-electron chi connectivity index (χ1n) is 5.16. The Kier molecular flexibility index (Phi) is 5.29. The first-order chi connectivity index (χ1) is 8.26. The number of amides is 1. The highest BCUT2D eigenvalue weighted by molar-refractivity contribution is 5.51. The lowest BCUT2D eigenvalue weighted by Crippen LogP contribution is -2.12. The molecule has 0 saturated carbocycles. The fourth-order valence-corrected chi connectivity index (χ4v) is 1.61. The van der Waals surface area contributed by atoms with E-state index in [1.807, 2.05) is 12.1 Å². The van der Waals surface area contributed by atoms with E-state index < -0.39 is 0 Å². The molecule has 1 rings (SSSR count). The fraction of sp³-hybridized carbons (Fsp3) is 0.417. The van der Waals surface area contributed by atoms with E-state index in [0.29, 0.717) is 31.1 Å². The van der Waals surface area contributed by atoms with E-state index >= 15 is 0 Å². The highest BCUT2D eigenvalue weighted by Crippen LogP contribution is 2.30. The average Bonchev–Trinajstić information content (AvgIpc) is 2.36. The number of hydrogen-bond acceptors (Lipinski definition) is 4. The van der Waals surface area contributed by atoms with Crippen molar-refractivity contribution >= 4 is 6.41 Å². The minimum absolute atomic E-state index is 0.364. The first kappa shape index (κ1) is 13.3. The molecule has 1 N–H and O–H groups in total. The SMILES string of the molecule is COCc1cc(OC)c(CNC=O)c(OC)c1. The quantitative estimate of drug-likeness (QED) is 0.724. The van der Waals surface area contributed by atoms with Crippen LogP contribution in [0.2, 0.25) is 0 Å². The van der Waals surface area contributed by atoms with Gasteiger partial charge in [0.2, 0.25) is 6.41 Å². The molecule has 17 heavy (non-hydrogen) atoms. The normalized spacial score (nSPS) is 9.82. The molecule has 0 heterocycles. The van der Waals surface area contributed by atoms with Gasteiger partial charge in [-0.25, -0.2) is 0 Å². The Morgan fingerprint density at radius 1 is 1.18 bits per heavy atom. The Hall–Kier alpha value is -1.75. The van der Waals surface area contributed by atoms with Gasteiger partial charge in [0.15, 0.2) is 0 Å². The van der Waals surface area contributed by atoms with Crippen molar-refractivity contribution in [1.29, 1.82) is 0 Å². The van der Waals surface area contributed by atoms with Crippen LogP contribution in [0.1, 0.15) is 11.1 Å². The van der Waals surface area contributed by atoms with Crippen molar-refractivity contribution in [1.82, 2.24) is 5.32 Å². The number of ether oxygens (including phenoxy) is 3. The van der Waals surface area contributed by atoms with Gasteiger partial charge in [0.25, 0.3) is 0 Å². The van der Waals surface area contributed by atoms with Gasteiger partial charge in [-0.2, -0.15) is 0 Å². The Morgan fingerprint density at radius 2 is 1.76 bits per heavy atom. The second-order valence-corrected chi connectivity index (χ2v) is 3.41. The van der Waals surface area contributed by atoms with Crippen molar-refractivity contribution < 1.29 is 19.0 Å². The van der Waals surface area contributed by atoms with E-state index in [-0.39, 0.29) is 0 Å². The van der Waals surface area contributed by atoms with Crippen LogP contribution in [0, 0.1) is 0 Å². The molecule has 1 aromatic carbocycles. The summed E-state index contributed by atoms with van der Waals surface area (Å²) in [5.41, 5.74) is 1.76. The van der Waals surface area contributed by atoms with Gasteiger partial charge in [-0.3, -0.25) is 4.79 Å². The maximum Gasteiger partial charge on any atom is 0.207 e. The molecule has 0 aliphatic rings. The van der Waals surface area contributed by atoms with Crippen LogP contribution in [-0.2, 0) is 22.7 Å². The largest absolute Gasteiger partial charge is 0.496 e. The third-order valence-electron chi connectivity index (χ3n) is 2.34. The summed E-state index contributed by atoms with van der Waals surface area (Å²) in [6.45, 7) is 0.844. The molecule has 1 aromatic rings. The summed E-state index contributed by atoms with van der Waals surface area (Å²) < 4.78 is 15.6. The van der Waals surface area contributed by atoms with E-state index in [1.165, 1.54) is 0 Å². The summed E-state index contributed by atoms with van der Waals surface area (Å²) in [7, 11) is 4.78. The molecule has 0 saturated heterocycles. The van der Waals surface area contributed by atoms with Crippen molar-refractivity contribution in [2.45, 2.75) is 13.2 Å². The lowest BCUT2D eigenvalue weighted by molar-refractivity contribution is -0.109. The van der Waals surface area contributed by atoms with Crippen LogP contribution in [-0.4, -0.2) is 27.7 Å². The molecule has 0 spiro atoms. The van der Waals surface area contributed by atoms with E-state index in [9.17, 15) is 4.79 Å². The molecule has 5 heteroatoms. The van der Waals surface area contributed by atoms with Gasteiger partial charge in [-0.1, -0.05) is 0 Å². The predicted octanol–water partition coefficient (Wildman–Crippen LogP) is 1.10. The van der Waals surface area contributed by atoms with Gasteiger partial charge in [0, 0.05) is 13.7 Å². The number of methoxy groups -OCH3 is 3. The van der Waals surface area contributed by atoms with Crippen molar-refractivity contribution in [2.75, 3.05) is 21.3 Å². The van der Waals surface area contributed by atoms with Crippen LogP contribution in [0.25, 0.3) is 0 Å². The number of benzene rings is 1. The summed E-state index contributed by atoms with van der Waals surface area (Å²) >= 11 is 0. The molecule has 0 unspecified atom stereocenters. The van der Waals surface area contributed by atoms with Gasteiger partial charge in [-0.05, 0) is 17.7 Å². The predicted molar refractivity (Wildman–Crippen MR) is 63.2 cm³/mol. The molecule has 1 amide bonds. The Labute approximate surface area is 101 Å². The van der Waals surface area contributed by atoms with Gasteiger partial charge in [0.05, 0.1) is 26.4 Å². The Morgan fingerprint density at radius 3 is 2.18 bits per heavy atom. The molecule has 0 aromatic heterocycles. The van der Waals surface area contributed by atoms with Gasteiger partial charge < -0.3 is 19.5 Å². The second-order valence-electron chi connectivity index (χ2n) is 3.41. The van der Waals surface area contributed by atoms with E-state index in [2.05, 4.69) is 5.32 Å². The molecule has 0 aliphatic carbocycles. The smallest absolute Gasteiger partial charge is 0.207 e. The van der Waals surface area contributed by atoms with Crippen LogP contribution in [0.3, 0.4) is 0 Å². The summed E-state index contributed by atoms with van der Waals surface area (Å²) in [6.07, 6.45) is 0.641. The van der Waals surface area contributed by atoms with Crippen molar-refractivity contribution in [3.63, 3.8) is 0 Å². The summed E-state index contributed by atoms with van der Waals surface area (Å²) in [5, 5.41) is 2.59. The van der Waals surface area contributed by atoms with Crippen LogP contribution in [0.4, 0.5) is 0 Å². The molecular formula is C12H17NO4. The fourth-order valence-electron chi connectivity index (χ4n) is 1.61. The molecule has 0 fully saturated rings. The zero-order valence-electron chi connectivity index (χ0n) is 10.3. The monoisotopic (exact) mass is 239 g/mol.